The lowest BCUT2D eigenvalue weighted by molar-refractivity contribution is -0.144. The maximum Gasteiger partial charge on any atom is 0.416 e. The van der Waals surface area contributed by atoms with Crippen LogP contribution in [0.15, 0.2) is 48.5 Å². The zero-order chi connectivity index (χ0) is 19.9. The molecule has 28 heavy (non-hydrogen) atoms. The number of carbonyl (C=O) groups is 2. The first kappa shape index (κ1) is 18.5. The summed E-state index contributed by atoms with van der Waals surface area (Å²) in [5, 5.41) is 0. The number of carbonyl (C=O) groups excluding carboxylic acids is 2. The van der Waals surface area contributed by atoms with E-state index in [9.17, 15) is 22.8 Å². The number of hydrogen-bond acceptors (Lipinski definition) is 3. The molecule has 4 rings (SSSR count). The van der Waals surface area contributed by atoms with Gasteiger partial charge in [0.2, 0.25) is 0 Å². The molecule has 1 amide bonds. The number of rotatable bonds is 4. The van der Waals surface area contributed by atoms with Crippen molar-refractivity contribution in [3.05, 3.63) is 70.8 Å². The fraction of sp³-hybridized carbons (Fsp3) is 0.333. The van der Waals surface area contributed by atoms with Gasteiger partial charge >= 0.3 is 12.1 Å². The molecule has 0 spiro atoms. The van der Waals surface area contributed by atoms with Crippen LogP contribution in [-0.2, 0) is 28.7 Å². The SMILES string of the molecule is O=C1OC(C(=O)N(Cc2ccccc2C(F)(F)F)C2CC2)Cc2ccccc21. The van der Waals surface area contributed by atoms with Crippen LogP contribution in [0.25, 0.3) is 0 Å². The number of halogens is 3. The third kappa shape index (κ3) is 3.61. The van der Waals surface area contributed by atoms with Crippen LogP contribution in [0, 0.1) is 0 Å². The van der Waals surface area contributed by atoms with Crippen LogP contribution in [0.5, 0.6) is 0 Å². The van der Waals surface area contributed by atoms with Gasteiger partial charge in [-0.05, 0) is 36.1 Å². The van der Waals surface area contributed by atoms with E-state index in [4.69, 9.17) is 4.74 Å². The van der Waals surface area contributed by atoms with Crippen LogP contribution >= 0.6 is 0 Å². The minimum atomic E-state index is -4.49. The second-order valence-corrected chi connectivity index (χ2v) is 7.11. The Morgan fingerprint density at radius 1 is 1.07 bits per heavy atom. The van der Waals surface area contributed by atoms with Crippen molar-refractivity contribution in [1.29, 1.82) is 0 Å². The number of esters is 1. The Morgan fingerprint density at radius 3 is 2.46 bits per heavy atom. The molecule has 1 unspecified atom stereocenters. The highest BCUT2D eigenvalue weighted by molar-refractivity contribution is 5.95. The molecule has 0 radical (unpaired) electrons. The van der Waals surface area contributed by atoms with Crippen molar-refractivity contribution in [1.82, 2.24) is 4.90 Å². The van der Waals surface area contributed by atoms with Crippen molar-refractivity contribution < 1.29 is 27.5 Å². The molecule has 1 saturated carbocycles. The Hall–Kier alpha value is -2.83. The van der Waals surface area contributed by atoms with Crippen molar-refractivity contribution in [3.63, 3.8) is 0 Å². The molecule has 1 aliphatic heterocycles. The second kappa shape index (κ2) is 6.96. The van der Waals surface area contributed by atoms with Crippen LogP contribution in [0.4, 0.5) is 13.2 Å². The summed E-state index contributed by atoms with van der Waals surface area (Å²) in [5.41, 5.74) is 0.424. The summed E-state index contributed by atoms with van der Waals surface area (Å²) in [6.45, 7) is -0.158. The van der Waals surface area contributed by atoms with Gasteiger partial charge in [0.1, 0.15) is 0 Å². The first-order valence-corrected chi connectivity index (χ1v) is 9.09. The number of nitrogens with zero attached hydrogens (tertiary/aromatic N) is 1. The first-order chi connectivity index (χ1) is 13.3. The maximum atomic E-state index is 13.3. The molecule has 0 saturated heterocycles. The molecule has 146 valence electrons. The Labute approximate surface area is 159 Å². The molecule has 7 heteroatoms. The topological polar surface area (TPSA) is 46.6 Å². The normalized spacial score (nSPS) is 19.0. The molecular formula is C21H18F3NO3. The van der Waals surface area contributed by atoms with Crippen LogP contribution in [0.2, 0.25) is 0 Å². The fourth-order valence-electron chi connectivity index (χ4n) is 3.55. The highest BCUT2D eigenvalue weighted by Gasteiger charge is 2.41. The van der Waals surface area contributed by atoms with Crippen LogP contribution in [0.3, 0.4) is 0 Å². The fourth-order valence-corrected chi connectivity index (χ4v) is 3.55. The molecule has 1 heterocycles. The average Bonchev–Trinajstić information content (AvgIpc) is 3.50. The van der Waals surface area contributed by atoms with Crippen LogP contribution < -0.4 is 0 Å². The van der Waals surface area contributed by atoms with Gasteiger partial charge in [-0.15, -0.1) is 0 Å². The third-order valence-corrected chi connectivity index (χ3v) is 5.10. The minimum Gasteiger partial charge on any atom is -0.448 e. The molecule has 2 aromatic carbocycles. The lowest BCUT2D eigenvalue weighted by atomic mass is 9.97. The highest BCUT2D eigenvalue weighted by Crippen LogP contribution is 2.35. The zero-order valence-electron chi connectivity index (χ0n) is 14.9. The van der Waals surface area contributed by atoms with Gasteiger partial charge < -0.3 is 9.64 Å². The monoisotopic (exact) mass is 389 g/mol. The number of fused-ring (bicyclic) bond motifs is 1. The van der Waals surface area contributed by atoms with E-state index in [1.54, 1.807) is 24.3 Å². The van der Waals surface area contributed by atoms with E-state index in [1.165, 1.54) is 23.1 Å². The number of ether oxygens (including phenoxy) is 1. The predicted molar refractivity (Wildman–Crippen MR) is 94.4 cm³/mol. The largest absolute Gasteiger partial charge is 0.448 e. The van der Waals surface area contributed by atoms with E-state index in [0.717, 1.165) is 18.9 Å². The lowest BCUT2D eigenvalue weighted by Crippen LogP contribution is -2.45. The molecule has 1 fully saturated rings. The van der Waals surface area contributed by atoms with E-state index in [-0.39, 0.29) is 24.6 Å². The Bertz CT molecular complexity index is 921. The molecule has 2 aromatic rings. The predicted octanol–water partition coefficient (Wildman–Crippen LogP) is 3.98. The maximum absolute atomic E-state index is 13.3. The van der Waals surface area contributed by atoms with Crippen molar-refractivity contribution in [2.75, 3.05) is 0 Å². The van der Waals surface area contributed by atoms with Crippen molar-refractivity contribution >= 4 is 11.9 Å². The second-order valence-electron chi connectivity index (χ2n) is 7.11. The van der Waals surface area contributed by atoms with E-state index in [1.807, 2.05) is 0 Å². The Kier molecular flexibility index (Phi) is 4.61. The van der Waals surface area contributed by atoms with Crippen molar-refractivity contribution in [3.8, 4) is 0 Å². The molecule has 0 bridgehead atoms. The molecule has 2 aliphatic rings. The van der Waals surface area contributed by atoms with Gasteiger partial charge in [-0.25, -0.2) is 4.79 Å². The molecule has 1 atom stereocenters. The lowest BCUT2D eigenvalue weighted by Gasteiger charge is -2.30. The van der Waals surface area contributed by atoms with Crippen molar-refractivity contribution in [2.24, 2.45) is 0 Å². The average molecular weight is 389 g/mol. The summed E-state index contributed by atoms with van der Waals surface area (Å²) in [5.74, 6) is -1.02. The third-order valence-electron chi connectivity index (χ3n) is 5.10. The molecular weight excluding hydrogens is 371 g/mol. The molecule has 0 aromatic heterocycles. The number of benzene rings is 2. The summed E-state index contributed by atoms with van der Waals surface area (Å²) >= 11 is 0. The number of amides is 1. The van der Waals surface area contributed by atoms with E-state index < -0.39 is 29.7 Å². The van der Waals surface area contributed by atoms with Gasteiger partial charge in [-0.1, -0.05) is 36.4 Å². The summed E-state index contributed by atoms with van der Waals surface area (Å²) in [6, 6.07) is 12.0. The summed E-state index contributed by atoms with van der Waals surface area (Å²) < 4.78 is 45.3. The van der Waals surface area contributed by atoms with Gasteiger partial charge in [0.05, 0.1) is 11.1 Å². The minimum absolute atomic E-state index is 0.0396. The number of cyclic esters (lactones) is 1. The quantitative estimate of drug-likeness (QED) is 0.744. The highest BCUT2D eigenvalue weighted by atomic mass is 19.4. The van der Waals surface area contributed by atoms with E-state index >= 15 is 0 Å². The summed E-state index contributed by atoms with van der Waals surface area (Å²) in [6.07, 6.45) is -3.81. The van der Waals surface area contributed by atoms with E-state index in [2.05, 4.69) is 0 Å². The molecule has 1 aliphatic carbocycles. The smallest absolute Gasteiger partial charge is 0.416 e. The molecule has 4 nitrogen and oxygen atoms in total. The van der Waals surface area contributed by atoms with Gasteiger partial charge in [0.25, 0.3) is 5.91 Å². The van der Waals surface area contributed by atoms with E-state index in [0.29, 0.717) is 11.1 Å². The number of hydrogen-bond donors (Lipinski definition) is 0. The van der Waals surface area contributed by atoms with Crippen LogP contribution in [0.1, 0.15) is 39.9 Å². The van der Waals surface area contributed by atoms with Crippen LogP contribution in [-0.4, -0.2) is 28.9 Å². The Morgan fingerprint density at radius 2 is 1.75 bits per heavy atom. The standard InChI is InChI=1S/C21H18F3NO3/c22-21(23,24)17-8-4-2-6-14(17)12-25(15-9-10-15)19(26)18-11-13-5-1-3-7-16(13)20(27)28-18/h1-8,15,18H,9-12H2. The Balaban J connectivity index is 1.59. The van der Waals surface area contributed by atoms with Gasteiger partial charge in [0, 0.05) is 19.0 Å². The van der Waals surface area contributed by atoms with Gasteiger partial charge in [-0.2, -0.15) is 13.2 Å². The summed E-state index contributed by atoms with van der Waals surface area (Å²) in [4.78, 5) is 26.7. The molecule has 0 N–H and O–H groups in total. The first-order valence-electron chi connectivity index (χ1n) is 9.09. The summed E-state index contributed by atoms with van der Waals surface area (Å²) in [7, 11) is 0. The van der Waals surface area contributed by atoms with Crippen molar-refractivity contribution in [2.45, 2.75) is 44.1 Å². The zero-order valence-corrected chi connectivity index (χ0v) is 14.9. The number of alkyl halides is 3. The van der Waals surface area contributed by atoms with Gasteiger partial charge in [0.15, 0.2) is 6.10 Å². The van der Waals surface area contributed by atoms with Gasteiger partial charge in [-0.3, -0.25) is 4.79 Å².